The summed E-state index contributed by atoms with van der Waals surface area (Å²) in [5.74, 6) is 1.08. The molecule has 2 N–H and O–H groups in total. The first-order chi connectivity index (χ1) is 9.28. The summed E-state index contributed by atoms with van der Waals surface area (Å²) >= 11 is 0. The molecule has 1 amide bonds. The van der Waals surface area contributed by atoms with Gasteiger partial charge in [0.1, 0.15) is 5.82 Å². The van der Waals surface area contributed by atoms with Crippen molar-refractivity contribution < 1.29 is 4.79 Å². The highest BCUT2D eigenvalue weighted by molar-refractivity contribution is 5.76. The van der Waals surface area contributed by atoms with E-state index in [0.717, 1.165) is 45.0 Å². The first-order valence-electron chi connectivity index (χ1n) is 6.96. The Morgan fingerprint density at radius 3 is 3.05 bits per heavy atom. The maximum Gasteiger partial charge on any atom is 0.221 e. The van der Waals surface area contributed by atoms with Crippen LogP contribution in [0.5, 0.6) is 0 Å². The number of amides is 1. The van der Waals surface area contributed by atoms with Crippen LogP contribution in [0.15, 0.2) is 18.3 Å². The lowest BCUT2D eigenvalue weighted by Gasteiger charge is -2.18. The van der Waals surface area contributed by atoms with Crippen molar-refractivity contribution in [3.63, 3.8) is 0 Å². The Morgan fingerprint density at radius 1 is 1.42 bits per heavy atom. The topological polar surface area (TPSA) is 57.3 Å². The molecule has 0 radical (unpaired) electrons. The molecule has 0 spiro atoms. The monoisotopic (exact) mass is 262 g/mol. The molecular formula is C14H22N4O. The Bertz CT molecular complexity index is 404. The molecule has 2 heterocycles. The van der Waals surface area contributed by atoms with E-state index in [4.69, 9.17) is 0 Å². The minimum absolute atomic E-state index is 0.153. The molecule has 5 nitrogen and oxygen atoms in total. The molecule has 1 aromatic heterocycles. The first kappa shape index (κ1) is 13.8. The molecule has 19 heavy (non-hydrogen) atoms. The van der Waals surface area contributed by atoms with Gasteiger partial charge in [-0.25, -0.2) is 4.98 Å². The largest absolute Gasteiger partial charge is 0.370 e. The van der Waals surface area contributed by atoms with E-state index in [0.29, 0.717) is 6.42 Å². The standard InChI is InChI=1S/C14H22N4O/c1-2-6-15-13-4-3-12(10-17-13)11-18-8-5-14(19)16-7-9-18/h3-4,10H,2,5-9,11H2,1H3,(H,15,17)(H,16,19). The Hall–Kier alpha value is -1.62. The summed E-state index contributed by atoms with van der Waals surface area (Å²) in [6.07, 6.45) is 3.60. The highest BCUT2D eigenvalue weighted by Gasteiger charge is 2.13. The van der Waals surface area contributed by atoms with Gasteiger partial charge < -0.3 is 10.6 Å². The van der Waals surface area contributed by atoms with Crippen LogP contribution in [-0.4, -0.2) is 42.0 Å². The minimum atomic E-state index is 0.153. The highest BCUT2D eigenvalue weighted by Crippen LogP contribution is 2.09. The maximum atomic E-state index is 11.3. The van der Waals surface area contributed by atoms with Crippen LogP contribution in [0.1, 0.15) is 25.3 Å². The first-order valence-corrected chi connectivity index (χ1v) is 6.96. The van der Waals surface area contributed by atoms with Gasteiger partial charge >= 0.3 is 0 Å². The van der Waals surface area contributed by atoms with E-state index < -0.39 is 0 Å². The van der Waals surface area contributed by atoms with Crippen LogP contribution in [0, 0.1) is 0 Å². The molecule has 0 atom stereocenters. The molecule has 1 fully saturated rings. The van der Waals surface area contributed by atoms with Crippen molar-refractivity contribution in [3.05, 3.63) is 23.9 Å². The quantitative estimate of drug-likeness (QED) is 0.838. The van der Waals surface area contributed by atoms with Crippen LogP contribution in [-0.2, 0) is 11.3 Å². The van der Waals surface area contributed by atoms with Gasteiger partial charge in [0.15, 0.2) is 0 Å². The molecule has 1 saturated heterocycles. The lowest BCUT2D eigenvalue weighted by molar-refractivity contribution is -0.120. The Labute approximate surface area is 114 Å². The second kappa shape index (κ2) is 7.09. The number of aromatic nitrogens is 1. The fraction of sp³-hybridized carbons (Fsp3) is 0.571. The van der Waals surface area contributed by atoms with E-state index >= 15 is 0 Å². The summed E-state index contributed by atoms with van der Waals surface area (Å²) in [4.78, 5) is 18.0. The van der Waals surface area contributed by atoms with Gasteiger partial charge in [-0.15, -0.1) is 0 Å². The Kier molecular flexibility index (Phi) is 5.15. The van der Waals surface area contributed by atoms with Crippen LogP contribution in [0.3, 0.4) is 0 Å². The maximum absolute atomic E-state index is 11.3. The summed E-state index contributed by atoms with van der Waals surface area (Å²) < 4.78 is 0. The summed E-state index contributed by atoms with van der Waals surface area (Å²) in [6.45, 7) is 6.41. The van der Waals surface area contributed by atoms with E-state index in [-0.39, 0.29) is 5.91 Å². The van der Waals surface area contributed by atoms with Crippen LogP contribution in [0.25, 0.3) is 0 Å². The molecule has 104 valence electrons. The molecule has 0 aliphatic carbocycles. The van der Waals surface area contributed by atoms with Gasteiger partial charge in [-0.3, -0.25) is 9.69 Å². The van der Waals surface area contributed by atoms with Crippen LogP contribution in [0.4, 0.5) is 5.82 Å². The van der Waals surface area contributed by atoms with Crippen molar-refractivity contribution in [3.8, 4) is 0 Å². The van der Waals surface area contributed by atoms with E-state index in [1.807, 2.05) is 12.3 Å². The van der Waals surface area contributed by atoms with Crippen molar-refractivity contribution >= 4 is 11.7 Å². The highest BCUT2D eigenvalue weighted by atomic mass is 16.1. The fourth-order valence-corrected chi connectivity index (χ4v) is 2.11. The summed E-state index contributed by atoms with van der Waals surface area (Å²) in [5, 5.41) is 6.15. The number of nitrogens with one attached hydrogen (secondary N) is 2. The molecule has 1 aromatic rings. The van der Waals surface area contributed by atoms with Gasteiger partial charge in [0, 0.05) is 45.3 Å². The third kappa shape index (κ3) is 4.52. The van der Waals surface area contributed by atoms with Gasteiger partial charge in [-0.1, -0.05) is 13.0 Å². The third-order valence-electron chi connectivity index (χ3n) is 3.19. The predicted octanol–water partition coefficient (Wildman–Crippen LogP) is 1.23. The van der Waals surface area contributed by atoms with E-state index in [1.54, 1.807) is 0 Å². The van der Waals surface area contributed by atoms with E-state index in [9.17, 15) is 4.79 Å². The zero-order valence-electron chi connectivity index (χ0n) is 11.5. The van der Waals surface area contributed by atoms with E-state index in [2.05, 4.69) is 33.5 Å². The lowest BCUT2D eigenvalue weighted by Crippen LogP contribution is -2.28. The van der Waals surface area contributed by atoms with Gasteiger partial charge in [-0.2, -0.15) is 0 Å². The third-order valence-corrected chi connectivity index (χ3v) is 3.19. The van der Waals surface area contributed by atoms with Crippen molar-refractivity contribution in [1.82, 2.24) is 15.2 Å². The summed E-state index contributed by atoms with van der Waals surface area (Å²) in [5.41, 5.74) is 1.19. The number of hydrogen-bond donors (Lipinski definition) is 2. The molecule has 2 rings (SSSR count). The number of anilines is 1. The number of carbonyl (C=O) groups is 1. The van der Waals surface area contributed by atoms with Crippen molar-refractivity contribution in [2.24, 2.45) is 0 Å². The normalized spacial score (nSPS) is 16.8. The van der Waals surface area contributed by atoms with Crippen molar-refractivity contribution in [2.75, 3.05) is 31.5 Å². The van der Waals surface area contributed by atoms with Gasteiger partial charge in [0.25, 0.3) is 0 Å². The second-order valence-corrected chi connectivity index (χ2v) is 4.85. The van der Waals surface area contributed by atoms with Gasteiger partial charge in [-0.05, 0) is 18.1 Å². The number of pyridine rings is 1. The van der Waals surface area contributed by atoms with Crippen LogP contribution < -0.4 is 10.6 Å². The Balaban J connectivity index is 1.86. The summed E-state index contributed by atoms with van der Waals surface area (Å²) in [6, 6.07) is 4.12. The molecule has 5 heteroatoms. The number of rotatable bonds is 5. The lowest BCUT2D eigenvalue weighted by atomic mass is 10.2. The van der Waals surface area contributed by atoms with E-state index in [1.165, 1.54) is 5.56 Å². The zero-order valence-corrected chi connectivity index (χ0v) is 11.5. The molecule has 1 aliphatic heterocycles. The van der Waals surface area contributed by atoms with Crippen molar-refractivity contribution in [1.29, 1.82) is 0 Å². The number of nitrogens with zero attached hydrogens (tertiary/aromatic N) is 2. The average molecular weight is 262 g/mol. The average Bonchev–Trinajstić information content (AvgIpc) is 2.63. The molecule has 0 bridgehead atoms. The number of hydrogen-bond acceptors (Lipinski definition) is 4. The zero-order chi connectivity index (χ0) is 13.5. The second-order valence-electron chi connectivity index (χ2n) is 4.85. The molecular weight excluding hydrogens is 240 g/mol. The predicted molar refractivity (Wildman–Crippen MR) is 75.9 cm³/mol. The molecule has 0 aromatic carbocycles. The molecule has 0 unspecified atom stereocenters. The molecule has 1 aliphatic rings. The van der Waals surface area contributed by atoms with Crippen LogP contribution >= 0.6 is 0 Å². The van der Waals surface area contributed by atoms with Crippen LogP contribution in [0.2, 0.25) is 0 Å². The van der Waals surface area contributed by atoms with Gasteiger partial charge in [0.2, 0.25) is 5.91 Å². The molecule has 0 saturated carbocycles. The van der Waals surface area contributed by atoms with Gasteiger partial charge in [0.05, 0.1) is 0 Å². The smallest absolute Gasteiger partial charge is 0.221 e. The summed E-state index contributed by atoms with van der Waals surface area (Å²) in [7, 11) is 0. The minimum Gasteiger partial charge on any atom is -0.370 e. The SMILES string of the molecule is CCCNc1ccc(CN2CCNC(=O)CC2)cn1. The van der Waals surface area contributed by atoms with Crippen molar-refractivity contribution in [2.45, 2.75) is 26.3 Å². The number of carbonyl (C=O) groups excluding carboxylic acids is 1. The fourth-order valence-electron chi connectivity index (χ4n) is 2.11. The Morgan fingerprint density at radius 2 is 2.32 bits per heavy atom.